The molecule has 0 bridgehead atoms. The summed E-state index contributed by atoms with van der Waals surface area (Å²) in [5.74, 6) is -1.28. The summed E-state index contributed by atoms with van der Waals surface area (Å²) < 4.78 is 23.9. The molecular formula is C22H20FNO4S. The zero-order valence-electron chi connectivity index (χ0n) is 16.0. The summed E-state index contributed by atoms with van der Waals surface area (Å²) in [5.41, 5.74) is 1.73. The van der Waals surface area contributed by atoms with E-state index >= 15 is 0 Å². The van der Waals surface area contributed by atoms with Crippen LogP contribution < -0.4 is 10.1 Å². The minimum atomic E-state index is -0.535. The number of rotatable bonds is 7. The fourth-order valence-electron chi connectivity index (χ4n) is 2.77. The van der Waals surface area contributed by atoms with E-state index in [4.69, 9.17) is 9.47 Å². The number of methoxy groups -OCH3 is 1. The van der Waals surface area contributed by atoms with Crippen molar-refractivity contribution in [3.63, 3.8) is 0 Å². The summed E-state index contributed by atoms with van der Waals surface area (Å²) in [7, 11) is 1.38. The van der Waals surface area contributed by atoms with Crippen molar-refractivity contribution in [3.05, 3.63) is 71.5 Å². The number of hydrogen-bond acceptors (Lipinski definition) is 5. The zero-order valence-corrected chi connectivity index (χ0v) is 16.8. The van der Waals surface area contributed by atoms with Crippen molar-refractivity contribution in [2.24, 2.45) is 0 Å². The number of amides is 1. The van der Waals surface area contributed by atoms with Crippen LogP contribution in [0.3, 0.4) is 0 Å². The molecule has 1 N–H and O–H groups in total. The van der Waals surface area contributed by atoms with E-state index in [1.165, 1.54) is 30.6 Å². The second kappa shape index (κ2) is 9.34. The van der Waals surface area contributed by atoms with Crippen molar-refractivity contribution in [1.82, 2.24) is 0 Å². The van der Waals surface area contributed by atoms with Gasteiger partial charge in [0.25, 0.3) is 0 Å². The van der Waals surface area contributed by atoms with Crippen LogP contribution in [0.2, 0.25) is 0 Å². The predicted octanol–water partition coefficient (Wildman–Crippen LogP) is 4.92. The van der Waals surface area contributed by atoms with Gasteiger partial charge in [-0.3, -0.25) is 4.79 Å². The first kappa shape index (κ1) is 20.5. The highest BCUT2D eigenvalue weighted by atomic mass is 32.1. The fraction of sp³-hybridized carbons (Fsp3) is 0.182. The van der Waals surface area contributed by atoms with Crippen molar-refractivity contribution >= 4 is 28.2 Å². The monoisotopic (exact) mass is 413 g/mol. The van der Waals surface area contributed by atoms with Gasteiger partial charge in [0.05, 0.1) is 25.7 Å². The molecule has 0 aliphatic rings. The standard InChI is InChI=1S/C22H20FNO4S/c1-3-28-22(26)16-13-19(15-7-5-4-6-8-15)29-21(16)24-20(25)12-14-9-10-18(27-2)17(23)11-14/h4-11,13H,3,12H2,1-2H3,(H,24,25). The molecule has 0 unspecified atom stereocenters. The van der Waals surface area contributed by atoms with Gasteiger partial charge in [-0.05, 0) is 36.2 Å². The molecule has 3 rings (SSSR count). The molecule has 0 aliphatic carbocycles. The van der Waals surface area contributed by atoms with Crippen LogP contribution in [0.15, 0.2) is 54.6 Å². The zero-order chi connectivity index (χ0) is 20.8. The highest BCUT2D eigenvalue weighted by molar-refractivity contribution is 7.20. The maximum absolute atomic E-state index is 13.9. The first-order valence-corrected chi connectivity index (χ1v) is 9.82. The van der Waals surface area contributed by atoms with Crippen molar-refractivity contribution in [2.45, 2.75) is 13.3 Å². The van der Waals surface area contributed by atoms with Crippen LogP contribution in [0.25, 0.3) is 10.4 Å². The van der Waals surface area contributed by atoms with Gasteiger partial charge in [0.1, 0.15) is 5.00 Å². The minimum Gasteiger partial charge on any atom is -0.494 e. The van der Waals surface area contributed by atoms with Gasteiger partial charge in [0, 0.05) is 4.88 Å². The van der Waals surface area contributed by atoms with Crippen LogP contribution in [0.4, 0.5) is 9.39 Å². The van der Waals surface area contributed by atoms with Crippen LogP contribution in [-0.4, -0.2) is 25.6 Å². The summed E-state index contributed by atoms with van der Waals surface area (Å²) in [6, 6.07) is 15.6. The summed E-state index contributed by atoms with van der Waals surface area (Å²) >= 11 is 1.29. The summed E-state index contributed by atoms with van der Waals surface area (Å²) in [6.07, 6.45) is -0.0399. The Morgan fingerprint density at radius 1 is 1.10 bits per heavy atom. The molecule has 1 amide bonds. The van der Waals surface area contributed by atoms with E-state index < -0.39 is 11.8 Å². The quantitative estimate of drug-likeness (QED) is 0.559. The lowest BCUT2D eigenvalue weighted by Gasteiger charge is -2.07. The lowest BCUT2D eigenvalue weighted by Crippen LogP contribution is -2.16. The first-order chi connectivity index (χ1) is 14.0. The van der Waals surface area contributed by atoms with Crippen molar-refractivity contribution in [1.29, 1.82) is 0 Å². The molecule has 0 fully saturated rings. The molecule has 150 valence electrons. The molecule has 2 aromatic carbocycles. The lowest BCUT2D eigenvalue weighted by molar-refractivity contribution is -0.115. The van der Waals surface area contributed by atoms with Crippen molar-refractivity contribution in [2.75, 3.05) is 19.0 Å². The van der Waals surface area contributed by atoms with Crippen molar-refractivity contribution in [3.8, 4) is 16.2 Å². The van der Waals surface area contributed by atoms with Gasteiger partial charge in [-0.15, -0.1) is 11.3 Å². The largest absolute Gasteiger partial charge is 0.494 e. The summed E-state index contributed by atoms with van der Waals surface area (Å²) in [4.78, 5) is 25.7. The number of esters is 1. The average molecular weight is 413 g/mol. The summed E-state index contributed by atoms with van der Waals surface area (Å²) in [5, 5.41) is 3.17. The van der Waals surface area contributed by atoms with Gasteiger partial charge in [-0.1, -0.05) is 36.4 Å². The number of carbonyl (C=O) groups excluding carboxylic acids is 2. The van der Waals surface area contributed by atoms with Crippen LogP contribution in [-0.2, 0) is 16.0 Å². The number of benzene rings is 2. The highest BCUT2D eigenvalue weighted by Crippen LogP contribution is 2.36. The second-order valence-corrected chi connectivity index (χ2v) is 7.19. The number of nitrogens with one attached hydrogen (secondary N) is 1. The van der Waals surface area contributed by atoms with Gasteiger partial charge >= 0.3 is 5.97 Å². The molecule has 0 atom stereocenters. The van der Waals surface area contributed by atoms with E-state index in [-0.39, 0.29) is 24.7 Å². The molecule has 0 saturated heterocycles. The van der Waals surface area contributed by atoms with Gasteiger partial charge in [-0.2, -0.15) is 0 Å². The van der Waals surface area contributed by atoms with Gasteiger partial charge in [-0.25, -0.2) is 9.18 Å². The number of ether oxygens (including phenoxy) is 2. The number of hydrogen-bond donors (Lipinski definition) is 1. The van der Waals surface area contributed by atoms with Gasteiger partial charge in [0.2, 0.25) is 5.91 Å². The molecule has 0 saturated carbocycles. The Labute approximate surface area is 172 Å². The smallest absolute Gasteiger partial charge is 0.341 e. The third-order valence-corrected chi connectivity index (χ3v) is 5.22. The number of halogens is 1. The van der Waals surface area contributed by atoms with E-state index in [0.717, 1.165) is 10.4 Å². The Morgan fingerprint density at radius 2 is 1.86 bits per heavy atom. The van der Waals surface area contributed by atoms with Crippen LogP contribution in [0.5, 0.6) is 5.75 Å². The molecular weight excluding hydrogens is 393 g/mol. The van der Waals surface area contributed by atoms with E-state index in [9.17, 15) is 14.0 Å². The Hall–Kier alpha value is -3.19. The lowest BCUT2D eigenvalue weighted by atomic mass is 10.1. The number of thiophene rings is 1. The fourth-order valence-corrected chi connectivity index (χ4v) is 3.83. The molecule has 29 heavy (non-hydrogen) atoms. The van der Waals surface area contributed by atoms with Crippen LogP contribution in [0.1, 0.15) is 22.8 Å². The first-order valence-electron chi connectivity index (χ1n) is 9.00. The second-order valence-electron chi connectivity index (χ2n) is 6.13. The number of anilines is 1. The average Bonchev–Trinajstić information content (AvgIpc) is 3.13. The van der Waals surface area contributed by atoms with Crippen LogP contribution >= 0.6 is 11.3 Å². The van der Waals surface area contributed by atoms with E-state index in [2.05, 4.69) is 5.32 Å². The van der Waals surface area contributed by atoms with E-state index in [1.54, 1.807) is 19.1 Å². The maximum atomic E-state index is 13.9. The molecule has 0 radical (unpaired) electrons. The van der Waals surface area contributed by atoms with E-state index in [0.29, 0.717) is 16.1 Å². The molecule has 5 nitrogen and oxygen atoms in total. The Bertz CT molecular complexity index is 1020. The molecule has 0 spiro atoms. The third-order valence-electron chi connectivity index (χ3n) is 4.12. The van der Waals surface area contributed by atoms with Crippen LogP contribution in [0, 0.1) is 5.82 Å². The summed E-state index contributed by atoms with van der Waals surface area (Å²) in [6.45, 7) is 1.95. The third kappa shape index (κ3) is 5.00. The molecule has 1 aromatic heterocycles. The van der Waals surface area contributed by atoms with Gasteiger partial charge < -0.3 is 14.8 Å². The Balaban J connectivity index is 1.83. The molecule has 3 aromatic rings. The topological polar surface area (TPSA) is 64.6 Å². The Morgan fingerprint density at radius 3 is 2.52 bits per heavy atom. The molecule has 1 heterocycles. The van der Waals surface area contributed by atoms with E-state index in [1.807, 2.05) is 30.3 Å². The van der Waals surface area contributed by atoms with Crippen molar-refractivity contribution < 1.29 is 23.5 Å². The molecule has 0 aliphatic heterocycles. The normalized spacial score (nSPS) is 10.4. The Kier molecular flexibility index (Phi) is 6.61. The number of carbonyl (C=O) groups is 2. The maximum Gasteiger partial charge on any atom is 0.341 e. The minimum absolute atomic E-state index is 0.0399. The predicted molar refractivity (Wildman–Crippen MR) is 111 cm³/mol. The SMILES string of the molecule is CCOC(=O)c1cc(-c2ccccc2)sc1NC(=O)Cc1ccc(OC)c(F)c1. The highest BCUT2D eigenvalue weighted by Gasteiger charge is 2.20. The molecule has 7 heteroatoms. The van der Waals surface area contributed by atoms with Gasteiger partial charge in [0.15, 0.2) is 11.6 Å².